The van der Waals surface area contributed by atoms with Gasteiger partial charge in [0.05, 0.1) is 11.5 Å². The maximum atomic E-state index is 13.2. The Bertz CT molecular complexity index is 506. The predicted molar refractivity (Wildman–Crippen MR) is 59.4 cm³/mol. The number of nitro groups is 1. The van der Waals surface area contributed by atoms with E-state index in [0.717, 1.165) is 12.1 Å². The summed E-state index contributed by atoms with van der Waals surface area (Å²) in [7, 11) is 1.62. The molecule has 0 saturated carbocycles. The number of hydrogen-bond acceptors (Lipinski definition) is 4. The van der Waals surface area contributed by atoms with Crippen LogP contribution in [-0.4, -0.2) is 35.9 Å². The van der Waals surface area contributed by atoms with E-state index in [4.69, 9.17) is 4.74 Å². The van der Waals surface area contributed by atoms with Gasteiger partial charge in [-0.05, 0) is 11.6 Å². The Morgan fingerprint density at radius 2 is 2.28 bits per heavy atom. The molecule has 1 aliphatic rings. The van der Waals surface area contributed by atoms with E-state index in [2.05, 4.69) is 0 Å². The zero-order valence-electron chi connectivity index (χ0n) is 9.63. The summed E-state index contributed by atoms with van der Waals surface area (Å²) in [6.45, 7) is 0.816. The Kier molecular flexibility index (Phi) is 3.24. The monoisotopic (exact) mass is 254 g/mol. The zero-order valence-corrected chi connectivity index (χ0v) is 9.63. The Morgan fingerprint density at radius 3 is 2.94 bits per heavy atom. The number of nitrogens with zero attached hydrogens (tertiary/aromatic N) is 2. The van der Waals surface area contributed by atoms with Crippen LogP contribution in [0.4, 0.5) is 10.1 Å². The molecule has 1 unspecified atom stereocenters. The molecule has 1 fully saturated rings. The average Bonchev–Trinajstić information content (AvgIpc) is 2.33. The SMILES string of the molecule is CN1CCOC(c2ccc(F)c([N+](=O)[O-])c2)C1=O. The maximum absolute atomic E-state index is 13.2. The highest BCUT2D eigenvalue weighted by Gasteiger charge is 2.30. The second kappa shape index (κ2) is 4.69. The second-order valence-corrected chi connectivity index (χ2v) is 3.98. The molecular weight excluding hydrogens is 243 g/mol. The van der Waals surface area contributed by atoms with Gasteiger partial charge in [0, 0.05) is 19.7 Å². The number of nitro benzene ring substituents is 1. The van der Waals surface area contributed by atoms with E-state index in [1.54, 1.807) is 7.05 Å². The largest absolute Gasteiger partial charge is 0.362 e. The maximum Gasteiger partial charge on any atom is 0.305 e. The van der Waals surface area contributed by atoms with Gasteiger partial charge >= 0.3 is 5.69 Å². The van der Waals surface area contributed by atoms with Crippen LogP contribution in [-0.2, 0) is 9.53 Å². The predicted octanol–water partition coefficient (Wildman–Crippen LogP) is 1.26. The Hall–Kier alpha value is -2.02. The van der Waals surface area contributed by atoms with Crippen LogP contribution in [0.3, 0.4) is 0 Å². The van der Waals surface area contributed by atoms with Crippen LogP contribution in [0, 0.1) is 15.9 Å². The summed E-state index contributed by atoms with van der Waals surface area (Å²) < 4.78 is 18.5. The minimum absolute atomic E-state index is 0.290. The highest BCUT2D eigenvalue weighted by molar-refractivity contribution is 5.82. The molecule has 0 aromatic heterocycles. The van der Waals surface area contributed by atoms with Crippen LogP contribution in [0.15, 0.2) is 18.2 Å². The van der Waals surface area contributed by atoms with Crippen LogP contribution < -0.4 is 0 Å². The van der Waals surface area contributed by atoms with Gasteiger partial charge in [-0.2, -0.15) is 4.39 Å². The summed E-state index contributed by atoms with van der Waals surface area (Å²) in [4.78, 5) is 23.1. The normalized spacial score (nSPS) is 20.0. The van der Waals surface area contributed by atoms with Crippen molar-refractivity contribution in [1.29, 1.82) is 0 Å². The van der Waals surface area contributed by atoms with Gasteiger partial charge in [-0.1, -0.05) is 6.07 Å². The lowest BCUT2D eigenvalue weighted by Gasteiger charge is -2.29. The van der Waals surface area contributed by atoms with E-state index in [9.17, 15) is 19.3 Å². The van der Waals surface area contributed by atoms with Crippen molar-refractivity contribution in [3.8, 4) is 0 Å². The van der Waals surface area contributed by atoms with Crippen molar-refractivity contribution in [2.75, 3.05) is 20.2 Å². The zero-order chi connectivity index (χ0) is 13.3. The van der Waals surface area contributed by atoms with Crippen molar-refractivity contribution in [2.45, 2.75) is 6.10 Å². The van der Waals surface area contributed by atoms with Crippen LogP contribution in [0.5, 0.6) is 0 Å². The standard InChI is InChI=1S/C11H11FN2O4/c1-13-4-5-18-10(11(13)15)7-2-3-8(12)9(6-7)14(16)17/h2-3,6,10H,4-5H2,1H3. The third-order valence-corrected chi connectivity index (χ3v) is 2.78. The van der Waals surface area contributed by atoms with Crippen LogP contribution in [0.1, 0.15) is 11.7 Å². The molecule has 0 spiro atoms. The first-order valence-electron chi connectivity index (χ1n) is 5.31. The quantitative estimate of drug-likeness (QED) is 0.588. The average molecular weight is 254 g/mol. The van der Waals surface area contributed by atoms with Gasteiger partial charge in [0.1, 0.15) is 0 Å². The molecule has 0 radical (unpaired) electrons. The van der Waals surface area contributed by atoms with Crippen LogP contribution in [0.2, 0.25) is 0 Å². The number of likely N-dealkylation sites (N-methyl/N-ethyl adjacent to an activating group) is 1. The van der Waals surface area contributed by atoms with Gasteiger partial charge < -0.3 is 9.64 Å². The number of morpholine rings is 1. The van der Waals surface area contributed by atoms with Crippen LogP contribution in [0.25, 0.3) is 0 Å². The highest BCUT2D eigenvalue weighted by atomic mass is 19.1. The van der Waals surface area contributed by atoms with Gasteiger partial charge in [-0.15, -0.1) is 0 Å². The molecule has 1 aliphatic heterocycles. The van der Waals surface area contributed by atoms with E-state index in [0.29, 0.717) is 18.7 Å². The minimum atomic E-state index is -0.930. The number of benzene rings is 1. The molecule has 0 aliphatic carbocycles. The number of ether oxygens (including phenoxy) is 1. The van der Waals surface area contributed by atoms with Crippen molar-refractivity contribution in [1.82, 2.24) is 4.90 Å². The molecule has 1 atom stereocenters. The fourth-order valence-electron chi connectivity index (χ4n) is 1.76. The third kappa shape index (κ3) is 2.17. The molecule has 96 valence electrons. The van der Waals surface area contributed by atoms with Crippen molar-refractivity contribution < 1.29 is 18.8 Å². The van der Waals surface area contributed by atoms with Crippen molar-refractivity contribution in [3.63, 3.8) is 0 Å². The lowest BCUT2D eigenvalue weighted by Crippen LogP contribution is -2.40. The summed E-state index contributed by atoms with van der Waals surface area (Å²) >= 11 is 0. The van der Waals surface area contributed by atoms with E-state index in [1.165, 1.54) is 11.0 Å². The summed E-state index contributed by atoms with van der Waals surface area (Å²) in [6, 6.07) is 3.33. The molecule has 18 heavy (non-hydrogen) atoms. The fraction of sp³-hybridized carbons (Fsp3) is 0.364. The molecule has 1 heterocycles. The molecule has 6 nitrogen and oxygen atoms in total. The number of halogens is 1. The van der Waals surface area contributed by atoms with E-state index in [-0.39, 0.29) is 5.91 Å². The van der Waals surface area contributed by atoms with Gasteiger partial charge in [0.25, 0.3) is 5.91 Å². The topological polar surface area (TPSA) is 72.7 Å². The molecule has 0 bridgehead atoms. The first-order chi connectivity index (χ1) is 8.50. The van der Waals surface area contributed by atoms with E-state index >= 15 is 0 Å². The van der Waals surface area contributed by atoms with Crippen molar-refractivity contribution >= 4 is 11.6 Å². The molecule has 1 aromatic rings. The van der Waals surface area contributed by atoms with Gasteiger partial charge in [0.15, 0.2) is 6.10 Å². The first-order valence-corrected chi connectivity index (χ1v) is 5.31. The van der Waals surface area contributed by atoms with E-state index < -0.39 is 22.5 Å². The number of amides is 1. The molecule has 2 rings (SSSR count). The molecular formula is C11H11FN2O4. The lowest BCUT2D eigenvalue weighted by molar-refractivity contribution is -0.387. The Balaban J connectivity index is 2.36. The number of rotatable bonds is 2. The van der Waals surface area contributed by atoms with Gasteiger partial charge in [-0.3, -0.25) is 14.9 Å². The molecule has 0 N–H and O–H groups in total. The fourth-order valence-corrected chi connectivity index (χ4v) is 1.76. The Labute approximate surface area is 102 Å². The van der Waals surface area contributed by atoms with Crippen molar-refractivity contribution in [2.24, 2.45) is 0 Å². The van der Waals surface area contributed by atoms with Crippen molar-refractivity contribution in [3.05, 3.63) is 39.7 Å². The molecule has 1 saturated heterocycles. The molecule has 1 amide bonds. The Morgan fingerprint density at radius 1 is 1.56 bits per heavy atom. The highest BCUT2D eigenvalue weighted by Crippen LogP contribution is 2.27. The number of carbonyl (C=O) groups is 1. The van der Waals surface area contributed by atoms with Gasteiger partial charge in [-0.25, -0.2) is 0 Å². The molecule has 7 heteroatoms. The van der Waals surface area contributed by atoms with Gasteiger partial charge in [0.2, 0.25) is 5.82 Å². The second-order valence-electron chi connectivity index (χ2n) is 3.98. The molecule has 1 aromatic carbocycles. The summed E-state index contributed by atoms with van der Waals surface area (Å²) in [5.74, 6) is -1.22. The van der Waals surface area contributed by atoms with E-state index in [1.807, 2.05) is 0 Å². The summed E-state index contributed by atoms with van der Waals surface area (Å²) in [6.07, 6.45) is -0.900. The third-order valence-electron chi connectivity index (χ3n) is 2.78. The summed E-state index contributed by atoms with van der Waals surface area (Å²) in [5.41, 5.74) is -0.364. The van der Waals surface area contributed by atoms with Crippen LogP contribution >= 0.6 is 0 Å². The number of hydrogen-bond donors (Lipinski definition) is 0. The minimum Gasteiger partial charge on any atom is -0.362 e. The lowest BCUT2D eigenvalue weighted by atomic mass is 10.1. The smallest absolute Gasteiger partial charge is 0.305 e. The first kappa shape index (κ1) is 12.4. The summed E-state index contributed by atoms with van der Waals surface area (Å²) in [5, 5.41) is 10.6. The number of carbonyl (C=O) groups excluding carboxylic acids is 1.